The third-order valence-corrected chi connectivity index (χ3v) is 4.23. The lowest BCUT2D eigenvalue weighted by atomic mass is 10.1. The van der Waals surface area contributed by atoms with Crippen LogP contribution in [-0.4, -0.2) is 24.6 Å². The Balaban J connectivity index is 1.88. The highest BCUT2D eigenvalue weighted by atomic mass is 32.1. The number of thiophene rings is 1. The molecule has 0 radical (unpaired) electrons. The highest BCUT2D eigenvalue weighted by molar-refractivity contribution is 7.11. The molecule has 0 amide bonds. The number of carbonyl (C=O) groups is 2. The minimum absolute atomic E-state index is 0.257. The Morgan fingerprint density at radius 2 is 2.09 bits per heavy atom. The zero-order valence-electron chi connectivity index (χ0n) is 12.0. The van der Waals surface area contributed by atoms with E-state index in [2.05, 4.69) is 0 Å². The SMILES string of the molecule is O=C(O[C@H]1CCOC1=O)/C(=C/c1ccc(F)cc1)c1cccs1. The molecule has 0 N–H and O–H groups in total. The Morgan fingerprint density at radius 3 is 2.70 bits per heavy atom. The molecule has 0 spiro atoms. The van der Waals surface area contributed by atoms with Crippen LogP contribution >= 0.6 is 11.3 Å². The maximum Gasteiger partial charge on any atom is 0.347 e. The van der Waals surface area contributed by atoms with Crippen LogP contribution in [0.5, 0.6) is 0 Å². The molecule has 0 bridgehead atoms. The molecule has 0 saturated carbocycles. The Hall–Kier alpha value is -2.47. The van der Waals surface area contributed by atoms with Gasteiger partial charge in [-0.3, -0.25) is 0 Å². The van der Waals surface area contributed by atoms with Crippen LogP contribution in [0.1, 0.15) is 16.9 Å². The van der Waals surface area contributed by atoms with Crippen molar-refractivity contribution in [3.05, 3.63) is 58.0 Å². The number of esters is 2. The predicted octanol–water partition coefficient (Wildman–Crippen LogP) is 3.29. The van der Waals surface area contributed by atoms with E-state index in [1.165, 1.54) is 23.5 Å². The van der Waals surface area contributed by atoms with Gasteiger partial charge in [0.1, 0.15) is 5.82 Å². The molecule has 1 saturated heterocycles. The van der Waals surface area contributed by atoms with Crippen LogP contribution in [0.4, 0.5) is 4.39 Å². The van der Waals surface area contributed by atoms with Gasteiger partial charge in [0.25, 0.3) is 0 Å². The molecule has 1 fully saturated rings. The normalized spacial score (nSPS) is 17.9. The molecule has 1 atom stereocenters. The second-order valence-corrected chi connectivity index (χ2v) is 5.88. The largest absolute Gasteiger partial charge is 0.463 e. The van der Waals surface area contributed by atoms with Crippen molar-refractivity contribution in [1.82, 2.24) is 0 Å². The molecule has 23 heavy (non-hydrogen) atoms. The molecule has 4 nitrogen and oxygen atoms in total. The van der Waals surface area contributed by atoms with Crippen LogP contribution in [0.25, 0.3) is 11.6 Å². The van der Waals surface area contributed by atoms with E-state index >= 15 is 0 Å². The summed E-state index contributed by atoms with van der Waals surface area (Å²) in [5, 5.41) is 1.84. The Labute approximate surface area is 136 Å². The topological polar surface area (TPSA) is 52.6 Å². The molecule has 2 heterocycles. The minimum Gasteiger partial charge on any atom is -0.463 e. The zero-order valence-corrected chi connectivity index (χ0v) is 12.8. The fourth-order valence-corrected chi connectivity index (χ4v) is 2.90. The van der Waals surface area contributed by atoms with Gasteiger partial charge in [-0.05, 0) is 35.2 Å². The summed E-state index contributed by atoms with van der Waals surface area (Å²) in [6.07, 6.45) is 1.12. The highest BCUT2D eigenvalue weighted by Gasteiger charge is 2.31. The first-order valence-electron chi connectivity index (χ1n) is 7.02. The van der Waals surface area contributed by atoms with Crippen LogP contribution in [0.3, 0.4) is 0 Å². The number of hydrogen-bond acceptors (Lipinski definition) is 5. The summed E-state index contributed by atoms with van der Waals surface area (Å²) in [6.45, 7) is 0.257. The van der Waals surface area contributed by atoms with E-state index in [-0.39, 0.29) is 12.4 Å². The molecule has 118 valence electrons. The number of benzene rings is 1. The minimum atomic E-state index is -0.862. The molecule has 2 aromatic rings. The average Bonchev–Trinajstić information content (AvgIpc) is 3.19. The fourth-order valence-electron chi connectivity index (χ4n) is 2.17. The van der Waals surface area contributed by atoms with Crippen LogP contribution in [0, 0.1) is 5.82 Å². The highest BCUT2D eigenvalue weighted by Crippen LogP contribution is 2.26. The monoisotopic (exact) mass is 332 g/mol. The number of halogens is 1. The first-order chi connectivity index (χ1) is 11.1. The fraction of sp³-hybridized carbons (Fsp3) is 0.176. The average molecular weight is 332 g/mol. The maximum absolute atomic E-state index is 13.0. The second kappa shape index (κ2) is 6.75. The predicted molar refractivity (Wildman–Crippen MR) is 84.0 cm³/mol. The lowest BCUT2D eigenvalue weighted by molar-refractivity contribution is -0.156. The molecule has 0 unspecified atom stereocenters. The maximum atomic E-state index is 13.0. The number of ether oxygens (including phenoxy) is 2. The summed E-state index contributed by atoms with van der Waals surface area (Å²) in [6, 6.07) is 9.37. The van der Waals surface area contributed by atoms with Gasteiger partial charge in [-0.25, -0.2) is 14.0 Å². The van der Waals surface area contributed by atoms with E-state index in [4.69, 9.17) is 9.47 Å². The molecule has 6 heteroatoms. The van der Waals surface area contributed by atoms with Crippen LogP contribution in [0.15, 0.2) is 41.8 Å². The zero-order chi connectivity index (χ0) is 16.2. The van der Waals surface area contributed by atoms with Gasteiger partial charge in [0, 0.05) is 11.3 Å². The Kier molecular flexibility index (Phi) is 4.52. The molecular formula is C17H13FO4S. The first-order valence-corrected chi connectivity index (χ1v) is 7.90. The first kappa shape index (κ1) is 15.4. The van der Waals surface area contributed by atoms with E-state index in [1.807, 2.05) is 11.4 Å². The Morgan fingerprint density at radius 1 is 1.30 bits per heavy atom. The van der Waals surface area contributed by atoms with Gasteiger partial charge in [-0.2, -0.15) is 0 Å². The summed E-state index contributed by atoms with van der Waals surface area (Å²) >= 11 is 1.38. The molecule has 0 aliphatic carbocycles. The van der Waals surface area contributed by atoms with Gasteiger partial charge in [0.2, 0.25) is 6.10 Å². The lowest BCUT2D eigenvalue weighted by Gasteiger charge is -2.10. The van der Waals surface area contributed by atoms with E-state index in [0.29, 0.717) is 22.4 Å². The van der Waals surface area contributed by atoms with Crippen molar-refractivity contribution in [3.8, 4) is 0 Å². The standard InChI is InChI=1S/C17H13FO4S/c18-12-5-3-11(4-6-12)10-13(15-2-1-9-23-15)16(19)22-14-7-8-21-17(14)20/h1-6,9-10,14H,7-8H2/b13-10+/t14-/m0/s1. The van der Waals surface area contributed by atoms with Crippen LogP contribution in [0.2, 0.25) is 0 Å². The molecule has 1 aromatic carbocycles. The van der Waals surface area contributed by atoms with Crippen molar-refractivity contribution in [2.24, 2.45) is 0 Å². The van der Waals surface area contributed by atoms with Crippen molar-refractivity contribution >= 4 is 34.9 Å². The van der Waals surface area contributed by atoms with Crippen LogP contribution in [-0.2, 0) is 19.1 Å². The smallest absolute Gasteiger partial charge is 0.347 e. The van der Waals surface area contributed by atoms with Gasteiger partial charge >= 0.3 is 11.9 Å². The van der Waals surface area contributed by atoms with Crippen molar-refractivity contribution in [1.29, 1.82) is 0 Å². The summed E-state index contributed by atoms with van der Waals surface area (Å²) in [5.41, 5.74) is 0.993. The van der Waals surface area contributed by atoms with Crippen molar-refractivity contribution in [2.75, 3.05) is 6.61 Å². The van der Waals surface area contributed by atoms with Crippen molar-refractivity contribution < 1.29 is 23.5 Å². The van der Waals surface area contributed by atoms with Gasteiger partial charge in [0.05, 0.1) is 12.2 Å². The molecule has 1 aliphatic heterocycles. The van der Waals surface area contributed by atoms with E-state index < -0.39 is 18.0 Å². The van der Waals surface area contributed by atoms with Crippen molar-refractivity contribution in [2.45, 2.75) is 12.5 Å². The Bertz CT molecular complexity index is 734. The summed E-state index contributed by atoms with van der Waals surface area (Å²) in [4.78, 5) is 24.6. The van der Waals surface area contributed by atoms with E-state index in [1.54, 1.807) is 24.3 Å². The summed E-state index contributed by atoms with van der Waals surface area (Å²) in [7, 11) is 0. The van der Waals surface area contributed by atoms with E-state index in [0.717, 1.165) is 0 Å². The summed E-state index contributed by atoms with van der Waals surface area (Å²) in [5.74, 6) is -1.47. The van der Waals surface area contributed by atoms with Crippen molar-refractivity contribution in [3.63, 3.8) is 0 Å². The second-order valence-electron chi connectivity index (χ2n) is 4.94. The number of hydrogen-bond donors (Lipinski definition) is 0. The third kappa shape index (κ3) is 3.65. The molecule has 3 rings (SSSR count). The van der Waals surface area contributed by atoms with Gasteiger partial charge in [0.15, 0.2) is 0 Å². The summed E-state index contributed by atoms with van der Waals surface area (Å²) < 4.78 is 23.1. The van der Waals surface area contributed by atoms with E-state index in [9.17, 15) is 14.0 Å². The van der Waals surface area contributed by atoms with Gasteiger partial charge < -0.3 is 9.47 Å². The van der Waals surface area contributed by atoms with Gasteiger partial charge in [-0.15, -0.1) is 11.3 Å². The number of cyclic esters (lactones) is 1. The third-order valence-electron chi connectivity index (χ3n) is 3.32. The molecular weight excluding hydrogens is 319 g/mol. The van der Waals surface area contributed by atoms with Gasteiger partial charge in [-0.1, -0.05) is 18.2 Å². The molecule has 1 aliphatic rings. The number of rotatable bonds is 4. The lowest BCUT2D eigenvalue weighted by Crippen LogP contribution is -2.23. The number of carbonyl (C=O) groups excluding carboxylic acids is 2. The quantitative estimate of drug-likeness (QED) is 0.637. The molecule has 1 aromatic heterocycles. The van der Waals surface area contributed by atoms with Crippen LogP contribution < -0.4 is 0 Å².